The molecule has 4 rings (SSSR count). The maximum atomic E-state index is 12.7. The summed E-state index contributed by atoms with van der Waals surface area (Å²) in [7, 11) is 1.59. The lowest BCUT2D eigenvalue weighted by molar-refractivity contribution is 0.0950. The first kappa shape index (κ1) is 15.9. The lowest BCUT2D eigenvalue weighted by atomic mass is 10.1. The Morgan fingerprint density at radius 1 is 1.36 bits per heavy atom. The third kappa shape index (κ3) is 2.72. The Labute approximate surface area is 148 Å². The highest BCUT2D eigenvalue weighted by Gasteiger charge is 2.40. The van der Waals surface area contributed by atoms with E-state index in [9.17, 15) is 9.59 Å². The normalized spacial score (nSPS) is 19.2. The number of rotatable bonds is 3. The van der Waals surface area contributed by atoms with Crippen molar-refractivity contribution in [3.63, 3.8) is 0 Å². The van der Waals surface area contributed by atoms with E-state index in [0.717, 1.165) is 12.0 Å². The maximum absolute atomic E-state index is 12.7. The molecule has 1 aromatic carbocycles. The number of hydrogen-bond donors (Lipinski definition) is 1. The minimum absolute atomic E-state index is 0.0403. The molecule has 0 aliphatic heterocycles. The van der Waals surface area contributed by atoms with Gasteiger partial charge in [0.25, 0.3) is 11.5 Å². The number of hydrogen-bond acceptors (Lipinski definition) is 4. The number of benzene rings is 1. The van der Waals surface area contributed by atoms with Crippen LogP contribution in [0.3, 0.4) is 0 Å². The van der Waals surface area contributed by atoms with Crippen LogP contribution in [0.1, 0.15) is 34.0 Å². The molecule has 1 saturated carbocycles. The Bertz CT molecular complexity index is 1040. The molecule has 1 fully saturated rings. The largest absolute Gasteiger partial charge is 0.442 e. The van der Waals surface area contributed by atoms with Crippen LogP contribution >= 0.6 is 11.6 Å². The summed E-state index contributed by atoms with van der Waals surface area (Å²) in [4.78, 5) is 29.1. The van der Waals surface area contributed by atoms with E-state index >= 15 is 0 Å². The molecule has 6 nitrogen and oxygen atoms in total. The van der Waals surface area contributed by atoms with Crippen molar-refractivity contribution in [3.05, 3.63) is 62.9 Å². The topological polar surface area (TPSA) is 77.1 Å². The molecule has 0 radical (unpaired) electrons. The van der Waals surface area contributed by atoms with Crippen molar-refractivity contribution in [2.24, 2.45) is 7.05 Å². The first-order valence-corrected chi connectivity index (χ1v) is 8.34. The number of aryl methyl sites for hydroxylation is 2. The zero-order chi connectivity index (χ0) is 17.7. The summed E-state index contributed by atoms with van der Waals surface area (Å²) in [6.07, 6.45) is 2.24. The molecular formula is C18H16ClN3O3. The van der Waals surface area contributed by atoms with Gasteiger partial charge in [-0.05, 0) is 31.0 Å². The molecule has 0 spiro atoms. The van der Waals surface area contributed by atoms with Gasteiger partial charge in [0.1, 0.15) is 17.5 Å². The molecule has 2 heterocycles. The van der Waals surface area contributed by atoms with Gasteiger partial charge in [0.05, 0.1) is 5.56 Å². The monoisotopic (exact) mass is 357 g/mol. The van der Waals surface area contributed by atoms with E-state index < -0.39 is 0 Å². The summed E-state index contributed by atoms with van der Waals surface area (Å²) in [5.41, 5.74) is 1.30. The van der Waals surface area contributed by atoms with E-state index in [1.165, 1.54) is 10.9 Å². The summed E-state index contributed by atoms with van der Waals surface area (Å²) < 4.78 is 6.82. The molecule has 2 aromatic heterocycles. The van der Waals surface area contributed by atoms with Gasteiger partial charge in [-0.1, -0.05) is 23.7 Å². The summed E-state index contributed by atoms with van der Waals surface area (Å²) in [6, 6.07) is 7.67. The predicted octanol–water partition coefficient (Wildman–Crippen LogP) is 2.77. The van der Waals surface area contributed by atoms with E-state index in [1.54, 1.807) is 14.0 Å². The number of fused-ring (bicyclic) bond motifs is 1. The number of carbonyl (C=O) groups excluding carboxylic acids is 1. The van der Waals surface area contributed by atoms with Crippen molar-refractivity contribution in [2.45, 2.75) is 25.3 Å². The van der Waals surface area contributed by atoms with Gasteiger partial charge in [-0.3, -0.25) is 9.59 Å². The molecule has 3 aromatic rings. The molecule has 2 atom stereocenters. The fourth-order valence-corrected chi connectivity index (χ4v) is 3.26. The number of carbonyl (C=O) groups is 1. The van der Waals surface area contributed by atoms with Crippen LogP contribution in [0, 0.1) is 6.92 Å². The van der Waals surface area contributed by atoms with Gasteiger partial charge in [-0.15, -0.1) is 0 Å². The van der Waals surface area contributed by atoms with Crippen molar-refractivity contribution in [3.8, 4) is 0 Å². The molecule has 25 heavy (non-hydrogen) atoms. The Kier molecular flexibility index (Phi) is 3.65. The van der Waals surface area contributed by atoms with Crippen LogP contribution in [0.4, 0.5) is 0 Å². The molecule has 7 heteroatoms. The summed E-state index contributed by atoms with van der Waals surface area (Å²) in [5.74, 6) is 0.357. The highest BCUT2D eigenvalue weighted by Crippen LogP contribution is 2.41. The van der Waals surface area contributed by atoms with Crippen LogP contribution in [-0.4, -0.2) is 21.5 Å². The second-order valence-electron chi connectivity index (χ2n) is 6.35. The second-order valence-corrected chi connectivity index (χ2v) is 6.78. The quantitative estimate of drug-likeness (QED) is 0.782. The van der Waals surface area contributed by atoms with Gasteiger partial charge in [-0.25, -0.2) is 4.98 Å². The molecular weight excluding hydrogens is 342 g/mol. The smallest absolute Gasteiger partial charge is 0.265 e. The van der Waals surface area contributed by atoms with Crippen LogP contribution < -0.4 is 10.9 Å². The van der Waals surface area contributed by atoms with Crippen LogP contribution in [0.25, 0.3) is 11.1 Å². The highest BCUT2D eigenvalue weighted by atomic mass is 35.5. The average molecular weight is 358 g/mol. The Balaban J connectivity index is 1.60. The van der Waals surface area contributed by atoms with Gasteiger partial charge in [0.2, 0.25) is 5.71 Å². The number of nitrogens with one attached hydrogen (secondary N) is 1. The van der Waals surface area contributed by atoms with Crippen LogP contribution in [-0.2, 0) is 7.05 Å². The van der Waals surface area contributed by atoms with Gasteiger partial charge in [-0.2, -0.15) is 0 Å². The third-order valence-corrected chi connectivity index (χ3v) is 4.83. The van der Waals surface area contributed by atoms with E-state index in [-0.39, 0.29) is 40.1 Å². The fourth-order valence-electron chi connectivity index (χ4n) is 3.13. The van der Waals surface area contributed by atoms with Gasteiger partial charge in [0, 0.05) is 24.0 Å². The molecule has 128 valence electrons. The minimum atomic E-state index is -0.303. The molecule has 1 amide bonds. The lowest BCUT2D eigenvalue weighted by Gasteiger charge is -2.05. The van der Waals surface area contributed by atoms with Gasteiger partial charge >= 0.3 is 0 Å². The Morgan fingerprint density at radius 2 is 2.08 bits per heavy atom. The molecule has 1 aliphatic rings. The number of aromatic nitrogens is 2. The average Bonchev–Trinajstić information content (AvgIpc) is 3.24. The molecule has 0 bridgehead atoms. The first-order chi connectivity index (χ1) is 12.0. The van der Waals surface area contributed by atoms with Crippen molar-refractivity contribution >= 4 is 28.6 Å². The third-order valence-electron chi connectivity index (χ3n) is 4.58. The number of furan rings is 1. The minimum Gasteiger partial charge on any atom is -0.442 e. The highest BCUT2D eigenvalue weighted by molar-refractivity contribution is 6.30. The predicted molar refractivity (Wildman–Crippen MR) is 94.1 cm³/mol. The van der Waals surface area contributed by atoms with E-state index in [0.29, 0.717) is 10.8 Å². The fraction of sp³-hybridized carbons (Fsp3) is 0.278. The summed E-state index contributed by atoms with van der Waals surface area (Å²) in [6.45, 7) is 1.67. The zero-order valence-electron chi connectivity index (χ0n) is 13.7. The zero-order valence-corrected chi connectivity index (χ0v) is 14.5. The van der Waals surface area contributed by atoms with Crippen LogP contribution in [0.2, 0.25) is 5.02 Å². The number of nitrogens with zero attached hydrogens (tertiary/aromatic N) is 2. The molecule has 1 aliphatic carbocycles. The van der Waals surface area contributed by atoms with Crippen molar-refractivity contribution in [1.29, 1.82) is 0 Å². The van der Waals surface area contributed by atoms with E-state index in [1.807, 2.05) is 24.3 Å². The maximum Gasteiger partial charge on any atom is 0.265 e. The molecule has 0 unspecified atom stereocenters. The summed E-state index contributed by atoms with van der Waals surface area (Å²) in [5, 5.41) is 3.91. The number of halogens is 1. The van der Waals surface area contributed by atoms with Crippen molar-refractivity contribution in [1.82, 2.24) is 14.9 Å². The molecule has 1 N–H and O–H groups in total. The first-order valence-electron chi connectivity index (χ1n) is 7.96. The molecule has 0 saturated heterocycles. The SMILES string of the molecule is Cc1oc2ncn(C)c(=O)c2c1C(=O)N[C@@H]1C[C@H]1c1ccc(Cl)cc1. The lowest BCUT2D eigenvalue weighted by Crippen LogP contribution is -2.28. The van der Waals surface area contributed by atoms with Crippen molar-refractivity contribution in [2.75, 3.05) is 0 Å². The van der Waals surface area contributed by atoms with Crippen LogP contribution in [0.15, 0.2) is 39.8 Å². The number of amides is 1. The van der Waals surface area contributed by atoms with Gasteiger partial charge in [0.15, 0.2) is 0 Å². The summed E-state index contributed by atoms with van der Waals surface area (Å²) >= 11 is 5.91. The van der Waals surface area contributed by atoms with E-state index in [4.69, 9.17) is 16.0 Å². The van der Waals surface area contributed by atoms with Gasteiger partial charge < -0.3 is 14.3 Å². The Morgan fingerprint density at radius 3 is 2.80 bits per heavy atom. The van der Waals surface area contributed by atoms with Crippen molar-refractivity contribution < 1.29 is 9.21 Å². The Hall–Kier alpha value is -2.60. The van der Waals surface area contributed by atoms with Crippen LogP contribution in [0.5, 0.6) is 0 Å². The standard InChI is InChI=1S/C18H16ClN3O3/c1-9-14(15-17(25-9)20-8-22(2)18(15)24)16(23)21-13-7-12(13)10-3-5-11(19)6-4-10/h3-6,8,12-13H,7H2,1-2H3,(H,21,23)/t12-,13+/m0/s1. The second kappa shape index (κ2) is 5.74. The van der Waals surface area contributed by atoms with E-state index in [2.05, 4.69) is 10.3 Å².